The van der Waals surface area contributed by atoms with Crippen molar-refractivity contribution in [3.05, 3.63) is 29.3 Å². The highest BCUT2D eigenvalue weighted by Crippen LogP contribution is 2.27. The summed E-state index contributed by atoms with van der Waals surface area (Å²) >= 11 is 0. The maximum absolute atomic E-state index is 12.2. The van der Waals surface area contributed by atoms with Gasteiger partial charge in [0.1, 0.15) is 5.75 Å². The number of carbonyl (C=O) groups excluding carboxylic acids is 2. The molecule has 0 unspecified atom stereocenters. The summed E-state index contributed by atoms with van der Waals surface area (Å²) < 4.78 is 5.56. The van der Waals surface area contributed by atoms with Crippen molar-refractivity contribution in [2.45, 2.75) is 33.8 Å². The second-order valence-corrected chi connectivity index (χ2v) is 5.49. The van der Waals surface area contributed by atoms with Crippen LogP contribution in [0.1, 0.15) is 48.4 Å². The first-order chi connectivity index (χ1) is 8.90. The number of hydrogen-bond donors (Lipinski definition) is 0. The van der Waals surface area contributed by atoms with E-state index < -0.39 is 0 Å². The first-order valence-corrected chi connectivity index (χ1v) is 6.57. The summed E-state index contributed by atoms with van der Waals surface area (Å²) in [5, 5.41) is 0. The lowest BCUT2D eigenvalue weighted by Gasteiger charge is -2.15. The molecule has 2 rings (SSSR count). The van der Waals surface area contributed by atoms with Crippen molar-refractivity contribution in [3.8, 4) is 5.75 Å². The van der Waals surface area contributed by atoms with Crippen LogP contribution >= 0.6 is 0 Å². The van der Waals surface area contributed by atoms with Gasteiger partial charge in [-0.2, -0.15) is 0 Å². The van der Waals surface area contributed by atoms with Gasteiger partial charge in [0, 0.05) is 6.54 Å². The molecule has 0 bridgehead atoms. The van der Waals surface area contributed by atoms with Crippen LogP contribution in [0.4, 0.5) is 0 Å². The first kappa shape index (κ1) is 13.6. The molecule has 102 valence electrons. The number of fused-ring (bicyclic) bond motifs is 1. The Labute approximate surface area is 113 Å². The molecule has 1 aliphatic rings. The highest BCUT2D eigenvalue weighted by atomic mass is 16.5. The normalized spacial score (nSPS) is 14.5. The molecule has 19 heavy (non-hydrogen) atoms. The number of hydrogen-bond acceptors (Lipinski definition) is 3. The van der Waals surface area contributed by atoms with Gasteiger partial charge in [0.15, 0.2) is 0 Å². The molecule has 2 amide bonds. The molecule has 1 aromatic rings. The van der Waals surface area contributed by atoms with E-state index in [-0.39, 0.29) is 23.8 Å². The minimum atomic E-state index is -0.220. The lowest BCUT2D eigenvalue weighted by atomic mass is 10.1. The third-order valence-electron chi connectivity index (χ3n) is 2.86. The molecule has 0 saturated carbocycles. The summed E-state index contributed by atoms with van der Waals surface area (Å²) in [6.45, 7) is 8.26. The van der Waals surface area contributed by atoms with Gasteiger partial charge in [0.05, 0.1) is 17.2 Å². The van der Waals surface area contributed by atoms with Gasteiger partial charge in [-0.3, -0.25) is 14.5 Å². The molecule has 0 spiro atoms. The van der Waals surface area contributed by atoms with Crippen molar-refractivity contribution < 1.29 is 14.3 Å². The average molecular weight is 261 g/mol. The number of nitrogens with zero attached hydrogens (tertiary/aromatic N) is 1. The van der Waals surface area contributed by atoms with E-state index in [0.29, 0.717) is 23.4 Å². The van der Waals surface area contributed by atoms with Crippen LogP contribution in [-0.4, -0.2) is 29.4 Å². The first-order valence-electron chi connectivity index (χ1n) is 6.57. The van der Waals surface area contributed by atoms with E-state index in [4.69, 9.17) is 4.74 Å². The van der Waals surface area contributed by atoms with Crippen LogP contribution in [0.25, 0.3) is 0 Å². The fourth-order valence-electron chi connectivity index (χ4n) is 2.15. The Morgan fingerprint density at radius 2 is 1.68 bits per heavy atom. The summed E-state index contributed by atoms with van der Waals surface area (Å²) in [6, 6.07) is 5.08. The lowest BCUT2D eigenvalue weighted by molar-refractivity contribution is 0.0636. The fraction of sp³-hybridized carbons (Fsp3) is 0.467. The molecule has 0 radical (unpaired) electrons. The predicted octanol–water partition coefficient (Wildman–Crippen LogP) is 2.73. The zero-order chi connectivity index (χ0) is 14.2. The molecular weight excluding hydrogens is 242 g/mol. The number of amides is 2. The third kappa shape index (κ3) is 2.62. The number of carbonyl (C=O) groups is 2. The van der Waals surface area contributed by atoms with E-state index in [1.54, 1.807) is 18.2 Å². The SMILES string of the molecule is CC(C)CN1C(=O)c2ccc(OC(C)C)cc2C1=O. The highest BCUT2D eigenvalue weighted by molar-refractivity contribution is 6.21. The van der Waals surface area contributed by atoms with Gasteiger partial charge in [-0.1, -0.05) is 13.8 Å². The van der Waals surface area contributed by atoms with Crippen LogP contribution < -0.4 is 4.74 Å². The van der Waals surface area contributed by atoms with Crippen molar-refractivity contribution in [2.75, 3.05) is 6.54 Å². The average Bonchev–Trinajstić information content (AvgIpc) is 2.53. The monoisotopic (exact) mass is 261 g/mol. The Bertz CT molecular complexity index is 520. The van der Waals surface area contributed by atoms with E-state index in [0.717, 1.165) is 0 Å². The standard InChI is InChI=1S/C15H19NO3/c1-9(2)8-16-14(17)12-6-5-11(19-10(3)4)7-13(12)15(16)18/h5-7,9-10H,8H2,1-4H3. The second-order valence-electron chi connectivity index (χ2n) is 5.49. The number of imide groups is 1. The van der Waals surface area contributed by atoms with Crippen molar-refractivity contribution in [1.82, 2.24) is 4.90 Å². The Morgan fingerprint density at radius 1 is 1.05 bits per heavy atom. The van der Waals surface area contributed by atoms with Crippen molar-refractivity contribution in [1.29, 1.82) is 0 Å². The molecule has 0 saturated heterocycles. The number of rotatable bonds is 4. The molecule has 1 heterocycles. The predicted molar refractivity (Wildman–Crippen MR) is 72.4 cm³/mol. The number of benzene rings is 1. The van der Waals surface area contributed by atoms with E-state index in [1.807, 2.05) is 27.7 Å². The summed E-state index contributed by atoms with van der Waals surface area (Å²) in [4.78, 5) is 25.7. The van der Waals surface area contributed by atoms with E-state index in [1.165, 1.54) is 4.90 Å². The van der Waals surface area contributed by atoms with Crippen molar-refractivity contribution in [3.63, 3.8) is 0 Å². The maximum atomic E-state index is 12.2. The van der Waals surface area contributed by atoms with Gasteiger partial charge in [-0.05, 0) is 38.0 Å². The summed E-state index contributed by atoms with van der Waals surface area (Å²) in [5.41, 5.74) is 0.922. The van der Waals surface area contributed by atoms with E-state index in [9.17, 15) is 9.59 Å². The summed E-state index contributed by atoms with van der Waals surface area (Å²) in [6.07, 6.45) is 0.0389. The van der Waals surface area contributed by atoms with Crippen LogP contribution in [0.15, 0.2) is 18.2 Å². The van der Waals surface area contributed by atoms with Gasteiger partial charge in [0.2, 0.25) is 0 Å². The molecule has 0 atom stereocenters. The van der Waals surface area contributed by atoms with Gasteiger partial charge in [-0.15, -0.1) is 0 Å². The van der Waals surface area contributed by atoms with Gasteiger partial charge in [-0.25, -0.2) is 0 Å². The van der Waals surface area contributed by atoms with E-state index in [2.05, 4.69) is 0 Å². The molecule has 4 nitrogen and oxygen atoms in total. The van der Waals surface area contributed by atoms with Crippen LogP contribution in [0.3, 0.4) is 0 Å². The minimum absolute atomic E-state index is 0.0389. The van der Waals surface area contributed by atoms with Crippen LogP contribution in [0.2, 0.25) is 0 Å². The van der Waals surface area contributed by atoms with Crippen molar-refractivity contribution >= 4 is 11.8 Å². The Kier molecular flexibility index (Phi) is 3.60. The van der Waals surface area contributed by atoms with E-state index >= 15 is 0 Å². The fourth-order valence-corrected chi connectivity index (χ4v) is 2.15. The molecule has 0 aliphatic carbocycles. The molecule has 0 aromatic heterocycles. The quantitative estimate of drug-likeness (QED) is 0.783. The minimum Gasteiger partial charge on any atom is -0.491 e. The molecule has 0 fully saturated rings. The molecular formula is C15H19NO3. The Hall–Kier alpha value is -1.84. The number of ether oxygens (including phenoxy) is 1. The molecule has 4 heteroatoms. The maximum Gasteiger partial charge on any atom is 0.261 e. The highest BCUT2D eigenvalue weighted by Gasteiger charge is 2.35. The van der Waals surface area contributed by atoms with Crippen LogP contribution in [0.5, 0.6) is 5.75 Å². The Balaban J connectivity index is 2.31. The topological polar surface area (TPSA) is 46.6 Å². The largest absolute Gasteiger partial charge is 0.491 e. The Morgan fingerprint density at radius 3 is 2.26 bits per heavy atom. The smallest absolute Gasteiger partial charge is 0.261 e. The van der Waals surface area contributed by atoms with Gasteiger partial charge >= 0.3 is 0 Å². The van der Waals surface area contributed by atoms with Crippen LogP contribution in [0, 0.1) is 5.92 Å². The third-order valence-corrected chi connectivity index (χ3v) is 2.86. The second kappa shape index (κ2) is 5.03. The molecule has 1 aliphatic heterocycles. The summed E-state index contributed by atoms with van der Waals surface area (Å²) in [5.74, 6) is 0.461. The van der Waals surface area contributed by atoms with Crippen LogP contribution in [-0.2, 0) is 0 Å². The van der Waals surface area contributed by atoms with Gasteiger partial charge < -0.3 is 4.74 Å². The van der Waals surface area contributed by atoms with Crippen molar-refractivity contribution in [2.24, 2.45) is 5.92 Å². The molecule has 0 N–H and O–H groups in total. The summed E-state index contributed by atoms with van der Waals surface area (Å²) in [7, 11) is 0. The zero-order valence-corrected chi connectivity index (χ0v) is 11.8. The van der Waals surface area contributed by atoms with Gasteiger partial charge in [0.25, 0.3) is 11.8 Å². The molecule has 1 aromatic carbocycles. The zero-order valence-electron chi connectivity index (χ0n) is 11.8. The lowest BCUT2D eigenvalue weighted by Crippen LogP contribution is -2.33.